The van der Waals surface area contributed by atoms with Gasteiger partial charge in [-0.2, -0.15) is 20.5 Å². The molecule has 0 fully saturated rings. The largest absolute Gasteiger partial charge is 0.507 e. The first-order chi connectivity index (χ1) is 19.8. The van der Waals surface area contributed by atoms with Crippen LogP contribution in [0.3, 0.4) is 0 Å². The Labute approximate surface area is 237 Å². The maximum Gasteiger partial charge on any atom is 0.255 e. The highest BCUT2D eigenvalue weighted by atomic mass is 16.3. The van der Waals surface area contributed by atoms with Gasteiger partial charge in [0, 0.05) is 13.1 Å². The van der Waals surface area contributed by atoms with Gasteiger partial charge >= 0.3 is 0 Å². The van der Waals surface area contributed by atoms with Gasteiger partial charge in [0.25, 0.3) is 11.8 Å². The van der Waals surface area contributed by atoms with Gasteiger partial charge in [0.2, 0.25) is 0 Å². The van der Waals surface area contributed by atoms with Crippen LogP contribution in [0.5, 0.6) is 11.5 Å². The minimum Gasteiger partial charge on any atom is -0.507 e. The molecule has 0 saturated heterocycles. The first kappa shape index (κ1) is 28.6. The minimum atomic E-state index is -0.481. The lowest BCUT2D eigenvalue weighted by Gasteiger charge is -2.09. The molecule has 0 aromatic heterocycles. The van der Waals surface area contributed by atoms with Crippen molar-refractivity contribution in [3.63, 3.8) is 0 Å². The SMILES string of the molecule is Cc1ccc(N=Nc2ccc(O)c(C(=O)NCCCNC(=O)c3cc(N=Nc4ccc(C)cc4)ccc3O)c2)cc1. The molecule has 0 spiro atoms. The Morgan fingerprint density at radius 3 is 1.29 bits per heavy atom. The summed E-state index contributed by atoms with van der Waals surface area (Å²) < 4.78 is 0. The molecule has 0 unspecified atom stereocenters. The number of amides is 2. The van der Waals surface area contributed by atoms with E-state index in [2.05, 4.69) is 31.1 Å². The minimum absolute atomic E-state index is 0.0657. The van der Waals surface area contributed by atoms with Crippen molar-refractivity contribution in [3.05, 3.63) is 107 Å². The Morgan fingerprint density at radius 2 is 0.902 bits per heavy atom. The van der Waals surface area contributed by atoms with Crippen molar-refractivity contribution in [1.29, 1.82) is 0 Å². The smallest absolute Gasteiger partial charge is 0.255 e. The van der Waals surface area contributed by atoms with Crippen LogP contribution >= 0.6 is 0 Å². The fourth-order valence-electron chi connectivity index (χ4n) is 3.67. The highest BCUT2D eigenvalue weighted by molar-refractivity contribution is 5.98. The quantitative estimate of drug-likeness (QED) is 0.123. The molecule has 0 heterocycles. The fraction of sp³-hybridized carbons (Fsp3) is 0.161. The van der Waals surface area contributed by atoms with Gasteiger partial charge < -0.3 is 20.8 Å². The highest BCUT2D eigenvalue weighted by Crippen LogP contribution is 2.26. The third kappa shape index (κ3) is 8.30. The van der Waals surface area contributed by atoms with Crippen LogP contribution in [0.2, 0.25) is 0 Å². The van der Waals surface area contributed by atoms with E-state index in [1.54, 1.807) is 12.1 Å². The third-order valence-electron chi connectivity index (χ3n) is 6.00. The van der Waals surface area contributed by atoms with Gasteiger partial charge in [0.15, 0.2) is 0 Å². The van der Waals surface area contributed by atoms with Gasteiger partial charge in [-0.3, -0.25) is 9.59 Å². The molecule has 0 aliphatic carbocycles. The number of phenols is 2. The predicted octanol–water partition coefficient (Wildman–Crippen LogP) is 7.10. The van der Waals surface area contributed by atoms with Crippen LogP contribution in [-0.4, -0.2) is 35.1 Å². The molecule has 0 atom stereocenters. The standard InChI is InChI=1S/C31H30N6O4/c1-20-4-8-22(9-5-20)34-36-24-12-14-28(38)26(18-24)30(40)32-16-3-17-33-31(41)27-19-25(13-15-29(27)39)37-35-23-10-6-21(2)7-11-23/h4-15,18-19,38-39H,3,16-17H2,1-2H3,(H,32,40)(H,33,41). The van der Waals surface area contributed by atoms with Crippen molar-refractivity contribution in [2.45, 2.75) is 20.3 Å². The van der Waals surface area contributed by atoms with Crippen LogP contribution < -0.4 is 10.6 Å². The monoisotopic (exact) mass is 550 g/mol. The lowest BCUT2D eigenvalue weighted by molar-refractivity contribution is 0.0949. The van der Waals surface area contributed by atoms with E-state index >= 15 is 0 Å². The molecule has 0 radical (unpaired) electrons. The molecular weight excluding hydrogens is 520 g/mol. The zero-order valence-corrected chi connectivity index (χ0v) is 22.7. The summed E-state index contributed by atoms with van der Waals surface area (Å²) in [7, 11) is 0. The number of nitrogens with one attached hydrogen (secondary N) is 2. The summed E-state index contributed by atoms with van der Waals surface area (Å²) in [4.78, 5) is 25.3. The summed E-state index contributed by atoms with van der Waals surface area (Å²) in [5.74, 6) is -1.32. The summed E-state index contributed by atoms with van der Waals surface area (Å²) in [6.45, 7) is 4.44. The second kappa shape index (κ2) is 13.6. The number of hydrogen-bond donors (Lipinski definition) is 4. The Kier molecular flexibility index (Phi) is 9.50. The van der Waals surface area contributed by atoms with Gasteiger partial charge in [0.1, 0.15) is 11.5 Å². The van der Waals surface area contributed by atoms with Crippen LogP contribution in [0, 0.1) is 13.8 Å². The lowest BCUT2D eigenvalue weighted by atomic mass is 10.1. The average molecular weight is 551 g/mol. The van der Waals surface area contributed by atoms with Crippen molar-refractivity contribution in [2.75, 3.05) is 13.1 Å². The first-order valence-corrected chi connectivity index (χ1v) is 13.0. The predicted molar refractivity (Wildman–Crippen MR) is 156 cm³/mol. The van der Waals surface area contributed by atoms with E-state index in [-0.39, 0.29) is 35.7 Å². The number of carbonyl (C=O) groups is 2. The molecule has 4 aromatic carbocycles. The van der Waals surface area contributed by atoms with Crippen molar-refractivity contribution >= 4 is 34.6 Å². The average Bonchev–Trinajstić information content (AvgIpc) is 2.97. The van der Waals surface area contributed by atoms with Gasteiger partial charge in [-0.15, -0.1) is 0 Å². The molecule has 4 aromatic rings. The number of nitrogens with zero attached hydrogens (tertiary/aromatic N) is 4. The van der Waals surface area contributed by atoms with Gasteiger partial charge in [-0.05, 0) is 80.9 Å². The maximum atomic E-state index is 12.6. The van der Waals surface area contributed by atoms with Crippen LogP contribution in [0.1, 0.15) is 38.3 Å². The number of azo groups is 2. The van der Waals surface area contributed by atoms with E-state index in [4.69, 9.17) is 0 Å². The van der Waals surface area contributed by atoms with E-state index in [1.807, 2.05) is 62.4 Å². The summed E-state index contributed by atoms with van der Waals surface area (Å²) >= 11 is 0. The molecular formula is C31H30N6O4. The molecule has 0 saturated carbocycles. The first-order valence-electron chi connectivity index (χ1n) is 13.0. The topological polar surface area (TPSA) is 148 Å². The molecule has 10 nitrogen and oxygen atoms in total. The van der Waals surface area contributed by atoms with Crippen molar-refractivity contribution in [1.82, 2.24) is 10.6 Å². The zero-order chi connectivity index (χ0) is 29.2. The highest BCUT2D eigenvalue weighted by Gasteiger charge is 2.13. The summed E-state index contributed by atoms with van der Waals surface area (Å²) in [5, 5.41) is 42.4. The summed E-state index contributed by atoms with van der Waals surface area (Å²) in [6, 6.07) is 23.8. The summed E-state index contributed by atoms with van der Waals surface area (Å²) in [6.07, 6.45) is 0.415. The molecule has 10 heteroatoms. The number of phenolic OH excluding ortho intramolecular Hbond substituents is 2. The summed E-state index contributed by atoms with van der Waals surface area (Å²) in [5.41, 5.74) is 4.52. The molecule has 4 rings (SSSR count). The van der Waals surface area contributed by atoms with Crippen molar-refractivity contribution in [3.8, 4) is 11.5 Å². The van der Waals surface area contributed by atoms with Gasteiger partial charge in [0.05, 0.1) is 33.9 Å². The molecule has 4 N–H and O–H groups in total. The second-order valence-corrected chi connectivity index (χ2v) is 9.34. The zero-order valence-electron chi connectivity index (χ0n) is 22.7. The lowest BCUT2D eigenvalue weighted by Crippen LogP contribution is -2.30. The maximum absolute atomic E-state index is 12.6. The number of aryl methyl sites for hydroxylation is 2. The number of hydrogen-bond acceptors (Lipinski definition) is 8. The second-order valence-electron chi connectivity index (χ2n) is 9.34. The molecule has 0 aliphatic rings. The van der Waals surface area contributed by atoms with E-state index in [1.165, 1.54) is 24.3 Å². The van der Waals surface area contributed by atoms with E-state index in [9.17, 15) is 19.8 Å². The van der Waals surface area contributed by atoms with E-state index in [0.717, 1.165) is 11.1 Å². The number of rotatable bonds is 10. The van der Waals surface area contributed by atoms with Crippen LogP contribution in [0.15, 0.2) is 105 Å². The molecule has 2 amide bonds. The van der Waals surface area contributed by atoms with Crippen LogP contribution in [0.4, 0.5) is 22.7 Å². The van der Waals surface area contributed by atoms with Crippen molar-refractivity contribution < 1.29 is 19.8 Å². The molecule has 0 bridgehead atoms. The van der Waals surface area contributed by atoms with E-state index in [0.29, 0.717) is 29.2 Å². The van der Waals surface area contributed by atoms with Gasteiger partial charge in [-0.25, -0.2) is 0 Å². The number of aromatic hydroxyl groups is 2. The van der Waals surface area contributed by atoms with Gasteiger partial charge in [-0.1, -0.05) is 35.4 Å². The number of benzene rings is 4. The normalized spacial score (nSPS) is 11.2. The van der Waals surface area contributed by atoms with Crippen LogP contribution in [0.25, 0.3) is 0 Å². The fourth-order valence-corrected chi connectivity index (χ4v) is 3.67. The Morgan fingerprint density at radius 1 is 0.561 bits per heavy atom. The number of carbonyl (C=O) groups excluding carboxylic acids is 2. The Hall–Kier alpha value is -5.38. The van der Waals surface area contributed by atoms with Crippen molar-refractivity contribution in [2.24, 2.45) is 20.5 Å². The van der Waals surface area contributed by atoms with Crippen LogP contribution in [-0.2, 0) is 0 Å². The van der Waals surface area contributed by atoms with E-state index < -0.39 is 11.8 Å². The Bertz CT molecular complexity index is 1460. The Balaban J connectivity index is 1.27. The third-order valence-corrected chi connectivity index (χ3v) is 6.00. The molecule has 0 aliphatic heterocycles. The molecule has 41 heavy (non-hydrogen) atoms. The molecule has 208 valence electrons.